The minimum atomic E-state index is -0.635. The van der Waals surface area contributed by atoms with E-state index in [1.165, 1.54) is 18.2 Å². The largest absolute Gasteiger partial charge is 0.505 e. The summed E-state index contributed by atoms with van der Waals surface area (Å²) in [7, 11) is 0. The van der Waals surface area contributed by atoms with Gasteiger partial charge in [0.15, 0.2) is 5.69 Å². The molecule has 19 heavy (non-hydrogen) atoms. The Morgan fingerprint density at radius 2 is 2.26 bits per heavy atom. The lowest BCUT2D eigenvalue weighted by molar-refractivity contribution is -0.384. The smallest absolute Gasteiger partial charge is 0.296 e. The van der Waals surface area contributed by atoms with Gasteiger partial charge in [0.25, 0.3) is 5.69 Å². The van der Waals surface area contributed by atoms with E-state index in [0.717, 1.165) is 19.4 Å². The van der Waals surface area contributed by atoms with Crippen LogP contribution < -0.4 is 10.6 Å². The lowest BCUT2D eigenvalue weighted by atomic mass is 10.0. The number of nitrogens with zero attached hydrogens (tertiary/aromatic N) is 1. The first-order valence-corrected chi connectivity index (χ1v) is 6.10. The first-order valence-electron chi connectivity index (χ1n) is 6.10. The van der Waals surface area contributed by atoms with Crippen molar-refractivity contribution >= 4 is 17.3 Å². The Bertz CT molecular complexity index is 498. The van der Waals surface area contributed by atoms with Crippen LogP contribution in [0.3, 0.4) is 0 Å². The van der Waals surface area contributed by atoms with Gasteiger partial charge < -0.3 is 15.7 Å². The predicted octanol–water partition coefficient (Wildman–Crippen LogP) is 1.38. The topological polar surface area (TPSA) is 104 Å². The Labute approximate surface area is 109 Å². The van der Waals surface area contributed by atoms with Crippen LogP contribution in [0.4, 0.5) is 11.4 Å². The molecule has 0 bridgehead atoms. The van der Waals surface area contributed by atoms with Gasteiger partial charge >= 0.3 is 0 Å². The van der Waals surface area contributed by atoms with E-state index in [2.05, 4.69) is 10.6 Å². The third-order valence-electron chi connectivity index (χ3n) is 3.09. The molecule has 1 aromatic carbocycles. The average molecular weight is 265 g/mol. The number of nitrogens with one attached hydrogen (secondary N) is 2. The van der Waals surface area contributed by atoms with E-state index in [-0.39, 0.29) is 29.1 Å². The molecule has 1 fully saturated rings. The van der Waals surface area contributed by atoms with E-state index in [1.807, 2.05) is 0 Å². The van der Waals surface area contributed by atoms with Crippen LogP contribution in [0.5, 0.6) is 5.75 Å². The molecule has 102 valence electrons. The Kier molecular flexibility index (Phi) is 3.96. The second-order valence-electron chi connectivity index (χ2n) is 4.42. The molecule has 0 spiro atoms. The van der Waals surface area contributed by atoms with Gasteiger partial charge in [0.2, 0.25) is 5.91 Å². The van der Waals surface area contributed by atoms with E-state index in [4.69, 9.17) is 0 Å². The van der Waals surface area contributed by atoms with Crippen molar-refractivity contribution in [2.45, 2.75) is 25.3 Å². The molecule has 1 aromatic rings. The van der Waals surface area contributed by atoms with E-state index >= 15 is 0 Å². The molecule has 7 nitrogen and oxygen atoms in total. The quantitative estimate of drug-likeness (QED) is 0.435. The maximum absolute atomic E-state index is 12.0. The number of benzene rings is 1. The molecular formula is C12H15N3O4. The molecule has 1 saturated heterocycles. The number of hydrogen-bond acceptors (Lipinski definition) is 5. The molecule has 2 rings (SSSR count). The van der Waals surface area contributed by atoms with Crippen LogP contribution in [-0.4, -0.2) is 28.5 Å². The summed E-state index contributed by atoms with van der Waals surface area (Å²) < 4.78 is 0. The number of amides is 1. The van der Waals surface area contributed by atoms with Crippen molar-refractivity contribution in [3.05, 3.63) is 28.3 Å². The summed E-state index contributed by atoms with van der Waals surface area (Å²) in [6.07, 6.45) is 2.64. The van der Waals surface area contributed by atoms with Crippen molar-refractivity contribution in [3.63, 3.8) is 0 Å². The van der Waals surface area contributed by atoms with E-state index in [0.29, 0.717) is 6.42 Å². The molecule has 3 N–H and O–H groups in total. The fourth-order valence-corrected chi connectivity index (χ4v) is 2.09. The number of para-hydroxylation sites is 1. The van der Waals surface area contributed by atoms with Crippen molar-refractivity contribution < 1.29 is 14.8 Å². The monoisotopic (exact) mass is 265 g/mol. The molecule has 1 aliphatic rings. The van der Waals surface area contributed by atoms with Gasteiger partial charge in [-0.15, -0.1) is 0 Å². The maximum Gasteiger partial charge on any atom is 0.296 e. The molecule has 0 radical (unpaired) electrons. The Morgan fingerprint density at radius 3 is 2.89 bits per heavy atom. The molecule has 7 heteroatoms. The van der Waals surface area contributed by atoms with E-state index in [1.54, 1.807) is 0 Å². The first kappa shape index (κ1) is 13.3. The summed E-state index contributed by atoms with van der Waals surface area (Å²) in [5, 5.41) is 26.0. The number of phenols is 1. The van der Waals surface area contributed by atoms with Gasteiger partial charge in [-0.1, -0.05) is 12.5 Å². The number of nitro benzene ring substituents is 1. The van der Waals surface area contributed by atoms with Crippen LogP contribution in [0.15, 0.2) is 18.2 Å². The van der Waals surface area contributed by atoms with Gasteiger partial charge in [-0.05, 0) is 25.5 Å². The molecule has 1 amide bonds. The molecule has 0 aliphatic carbocycles. The molecular weight excluding hydrogens is 250 g/mol. The average Bonchev–Trinajstić information content (AvgIpc) is 2.41. The number of aromatic hydroxyl groups is 1. The maximum atomic E-state index is 12.0. The minimum absolute atomic E-state index is 0.148. The SMILES string of the molecule is O=C(Nc1c(O)cccc1[N+](=O)[O-])C1CCCCN1. The zero-order valence-corrected chi connectivity index (χ0v) is 10.3. The van der Waals surface area contributed by atoms with Crippen LogP contribution in [0.25, 0.3) is 0 Å². The highest BCUT2D eigenvalue weighted by molar-refractivity contribution is 5.98. The third kappa shape index (κ3) is 3.00. The van der Waals surface area contributed by atoms with Crippen molar-refractivity contribution in [2.24, 2.45) is 0 Å². The number of hydrogen-bond donors (Lipinski definition) is 3. The first-order chi connectivity index (χ1) is 9.09. The van der Waals surface area contributed by atoms with Crippen molar-refractivity contribution in [1.82, 2.24) is 5.32 Å². The van der Waals surface area contributed by atoms with Gasteiger partial charge in [-0.25, -0.2) is 0 Å². The zero-order chi connectivity index (χ0) is 13.8. The fourth-order valence-electron chi connectivity index (χ4n) is 2.09. The lowest BCUT2D eigenvalue weighted by Crippen LogP contribution is -2.43. The zero-order valence-electron chi connectivity index (χ0n) is 10.3. The van der Waals surface area contributed by atoms with E-state index in [9.17, 15) is 20.0 Å². The summed E-state index contributed by atoms with van der Waals surface area (Å²) in [5.74, 6) is -0.664. The number of carbonyl (C=O) groups excluding carboxylic acids is 1. The fraction of sp³-hybridized carbons (Fsp3) is 0.417. The van der Waals surface area contributed by atoms with E-state index < -0.39 is 4.92 Å². The summed E-state index contributed by atoms with van der Waals surface area (Å²) in [6, 6.07) is 3.54. The Balaban J connectivity index is 2.18. The van der Waals surface area contributed by atoms with Crippen molar-refractivity contribution in [2.75, 3.05) is 11.9 Å². The third-order valence-corrected chi connectivity index (χ3v) is 3.09. The summed E-state index contributed by atoms with van der Waals surface area (Å²) in [4.78, 5) is 22.2. The lowest BCUT2D eigenvalue weighted by Gasteiger charge is -2.22. The molecule has 0 saturated carbocycles. The molecule has 1 unspecified atom stereocenters. The number of nitro groups is 1. The number of phenolic OH excluding ortho intramolecular Hbond substituents is 1. The Hall–Kier alpha value is -2.15. The second-order valence-corrected chi connectivity index (χ2v) is 4.42. The standard InChI is InChI=1S/C12H15N3O4/c16-10-6-3-5-9(15(18)19)11(10)14-12(17)8-4-1-2-7-13-8/h3,5-6,8,13,16H,1-2,4,7H2,(H,14,17). The van der Waals surface area contributed by atoms with Gasteiger partial charge in [0.1, 0.15) is 5.75 Å². The normalized spacial score (nSPS) is 18.8. The Morgan fingerprint density at radius 1 is 1.47 bits per heavy atom. The predicted molar refractivity (Wildman–Crippen MR) is 69.0 cm³/mol. The summed E-state index contributed by atoms with van der Waals surface area (Å²) in [6.45, 7) is 0.751. The summed E-state index contributed by atoms with van der Waals surface area (Å²) >= 11 is 0. The molecule has 0 aromatic heterocycles. The van der Waals surface area contributed by atoms with Crippen LogP contribution in [0.1, 0.15) is 19.3 Å². The highest BCUT2D eigenvalue weighted by Crippen LogP contribution is 2.33. The molecule has 1 aliphatic heterocycles. The molecule has 1 atom stereocenters. The number of carbonyl (C=O) groups is 1. The number of anilines is 1. The van der Waals surface area contributed by atoms with Gasteiger partial charge in [0, 0.05) is 6.07 Å². The van der Waals surface area contributed by atoms with Crippen LogP contribution in [-0.2, 0) is 4.79 Å². The second kappa shape index (κ2) is 5.66. The number of rotatable bonds is 3. The van der Waals surface area contributed by atoms with Crippen molar-refractivity contribution in [3.8, 4) is 5.75 Å². The highest BCUT2D eigenvalue weighted by atomic mass is 16.6. The molecule has 1 heterocycles. The summed E-state index contributed by atoms with van der Waals surface area (Å²) in [5.41, 5.74) is -0.464. The van der Waals surface area contributed by atoms with Crippen LogP contribution in [0, 0.1) is 10.1 Å². The number of piperidine rings is 1. The van der Waals surface area contributed by atoms with Crippen molar-refractivity contribution in [1.29, 1.82) is 0 Å². The van der Waals surface area contributed by atoms with Gasteiger partial charge in [-0.3, -0.25) is 14.9 Å². The van der Waals surface area contributed by atoms with Gasteiger partial charge in [0.05, 0.1) is 11.0 Å². The van der Waals surface area contributed by atoms with Crippen LogP contribution in [0.2, 0.25) is 0 Å². The highest BCUT2D eigenvalue weighted by Gasteiger charge is 2.25. The van der Waals surface area contributed by atoms with Crippen LogP contribution >= 0.6 is 0 Å². The van der Waals surface area contributed by atoms with Gasteiger partial charge in [-0.2, -0.15) is 0 Å². The minimum Gasteiger partial charge on any atom is -0.505 e.